The third-order valence-electron chi connectivity index (χ3n) is 5.62. The van der Waals surface area contributed by atoms with Crippen LogP contribution in [-0.4, -0.2) is 18.1 Å². The fourth-order valence-electron chi connectivity index (χ4n) is 4.30. The Kier molecular flexibility index (Phi) is 4.77. The molecule has 0 saturated heterocycles. The summed E-state index contributed by atoms with van der Waals surface area (Å²) < 4.78 is 0. The van der Waals surface area contributed by atoms with E-state index in [4.69, 9.17) is 0 Å². The van der Waals surface area contributed by atoms with Gasteiger partial charge in [0, 0.05) is 36.1 Å². The van der Waals surface area contributed by atoms with E-state index in [0.29, 0.717) is 12.3 Å². The number of aromatic nitrogens is 1. The van der Waals surface area contributed by atoms with Crippen LogP contribution in [-0.2, 0) is 12.8 Å². The SMILES string of the molecule is Cc1c(Cc2ccccc2)c(=O)[nH]c2cc3c(cc12)CCCN3CC(C)C. The first-order chi connectivity index (χ1) is 13.0. The molecule has 0 amide bonds. The molecule has 140 valence electrons. The van der Waals surface area contributed by atoms with Gasteiger partial charge in [0.1, 0.15) is 0 Å². The maximum Gasteiger partial charge on any atom is 0.252 e. The molecule has 1 aromatic heterocycles. The summed E-state index contributed by atoms with van der Waals surface area (Å²) in [6, 6.07) is 14.7. The van der Waals surface area contributed by atoms with Gasteiger partial charge in [0.2, 0.25) is 0 Å². The highest BCUT2D eigenvalue weighted by Gasteiger charge is 2.20. The molecule has 0 spiro atoms. The zero-order chi connectivity index (χ0) is 19.0. The van der Waals surface area contributed by atoms with E-state index in [1.54, 1.807) is 0 Å². The molecule has 2 heterocycles. The second-order valence-electron chi connectivity index (χ2n) is 8.19. The molecule has 4 rings (SSSR count). The Morgan fingerprint density at radius 1 is 1.15 bits per heavy atom. The van der Waals surface area contributed by atoms with Crippen molar-refractivity contribution in [1.29, 1.82) is 0 Å². The second-order valence-corrected chi connectivity index (χ2v) is 8.19. The second kappa shape index (κ2) is 7.22. The summed E-state index contributed by atoms with van der Waals surface area (Å²) in [4.78, 5) is 18.5. The molecule has 27 heavy (non-hydrogen) atoms. The van der Waals surface area contributed by atoms with Gasteiger partial charge in [-0.25, -0.2) is 0 Å². The van der Waals surface area contributed by atoms with Crippen LogP contribution in [0.1, 0.15) is 42.5 Å². The number of hydrogen-bond donors (Lipinski definition) is 1. The number of pyridine rings is 1. The number of anilines is 1. The van der Waals surface area contributed by atoms with E-state index >= 15 is 0 Å². The molecule has 0 atom stereocenters. The van der Waals surface area contributed by atoms with E-state index in [9.17, 15) is 4.79 Å². The summed E-state index contributed by atoms with van der Waals surface area (Å²) in [5.74, 6) is 0.626. The Hall–Kier alpha value is -2.55. The minimum atomic E-state index is 0.0371. The van der Waals surface area contributed by atoms with Crippen LogP contribution in [0.25, 0.3) is 10.9 Å². The van der Waals surface area contributed by atoms with Gasteiger partial charge in [0.05, 0.1) is 5.52 Å². The summed E-state index contributed by atoms with van der Waals surface area (Å²) in [5, 5.41) is 1.19. The molecule has 3 aromatic rings. The normalized spacial score (nSPS) is 14.0. The van der Waals surface area contributed by atoms with Crippen LogP contribution < -0.4 is 10.5 Å². The van der Waals surface area contributed by atoms with Crippen molar-refractivity contribution in [3.05, 3.63) is 75.1 Å². The summed E-state index contributed by atoms with van der Waals surface area (Å²) in [7, 11) is 0. The molecule has 0 radical (unpaired) electrons. The number of nitrogens with one attached hydrogen (secondary N) is 1. The monoisotopic (exact) mass is 360 g/mol. The van der Waals surface area contributed by atoms with Crippen molar-refractivity contribution in [1.82, 2.24) is 4.98 Å². The Morgan fingerprint density at radius 3 is 2.67 bits per heavy atom. The summed E-state index contributed by atoms with van der Waals surface area (Å²) >= 11 is 0. The number of aryl methyl sites for hydroxylation is 2. The first-order valence-electron chi connectivity index (χ1n) is 10.00. The molecule has 3 nitrogen and oxygen atoms in total. The average molecular weight is 361 g/mol. The van der Waals surface area contributed by atoms with Crippen molar-refractivity contribution >= 4 is 16.6 Å². The van der Waals surface area contributed by atoms with E-state index in [1.165, 1.54) is 28.6 Å². The van der Waals surface area contributed by atoms with Crippen molar-refractivity contribution in [3.63, 3.8) is 0 Å². The molecule has 0 bridgehead atoms. The Balaban J connectivity index is 1.81. The smallest absolute Gasteiger partial charge is 0.252 e. The molecule has 3 heteroatoms. The van der Waals surface area contributed by atoms with Gasteiger partial charge in [0.15, 0.2) is 0 Å². The molecule has 1 N–H and O–H groups in total. The van der Waals surface area contributed by atoms with Gasteiger partial charge in [-0.15, -0.1) is 0 Å². The van der Waals surface area contributed by atoms with E-state index in [0.717, 1.165) is 36.2 Å². The van der Waals surface area contributed by atoms with Gasteiger partial charge in [-0.2, -0.15) is 0 Å². The lowest BCUT2D eigenvalue weighted by Crippen LogP contribution is -2.32. The standard InChI is InChI=1S/C24H28N2O/c1-16(2)15-26-11-7-10-19-13-20-17(3)21(12-18-8-5-4-6-9-18)24(27)25-22(20)14-23(19)26/h4-6,8-9,13-14,16H,7,10-12,15H2,1-3H3,(H,25,27). The number of aromatic amines is 1. The number of rotatable bonds is 4. The molecule has 2 aromatic carbocycles. The van der Waals surface area contributed by atoms with Crippen LogP contribution in [0.4, 0.5) is 5.69 Å². The number of hydrogen-bond acceptors (Lipinski definition) is 2. The van der Waals surface area contributed by atoms with Crippen LogP contribution in [0.5, 0.6) is 0 Å². The Morgan fingerprint density at radius 2 is 1.93 bits per heavy atom. The molecule has 1 aliphatic rings. The van der Waals surface area contributed by atoms with Crippen LogP contribution >= 0.6 is 0 Å². The molecule has 0 fully saturated rings. The number of H-pyrrole nitrogens is 1. The third-order valence-corrected chi connectivity index (χ3v) is 5.62. The molecule has 0 unspecified atom stereocenters. The highest BCUT2D eigenvalue weighted by atomic mass is 16.1. The van der Waals surface area contributed by atoms with Gasteiger partial charge in [-0.3, -0.25) is 4.79 Å². The predicted octanol–water partition coefficient (Wildman–Crippen LogP) is 4.84. The average Bonchev–Trinajstić information content (AvgIpc) is 2.65. The quantitative estimate of drug-likeness (QED) is 0.723. The topological polar surface area (TPSA) is 36.1 Å². The lowest BCUT2D eigenvalue weighted by atomic mass is 9.94. The fraction of sp³-hybridized carbons (Fsp3) is 0.375. The van der Waals surface area contributed by atoms with E-state index < -0.39 is 0 Å². The Labute approximate surface area is 161 Å². The largest absolute Gasteiger partial charge is 0.371 e. The minimum absolute atomic E-state index is 0.0371. The predicted molar refractivity (Wildman–Crippen MR) is 114 cm³/mol. The summed E-state index contributed by atoms with van der Waals surface area (Å²) in [5.41, 5.74) is 6.87. The van der Waals surface area contributed by atoms with Crippen molar-refractivity contribution in [2.45, 2.75) is 40.0 Å². The van der Waals surface area contributed by atoms with E-state index in [-0.39, 0.29) is 5.56 Å². The third kappa shape index (κ3) is 3.51. The van der Waals surface area contributed by atoms with Crippen molar-refractivity contribution in [3.8, 4) is 0 Å². The van der Waals surface area contributed by atoms with Crippen LogP contribution in [0.15, 0.2) is 47.3 Å². The van der Waals surface area contributed by atoms with E-state index in [2.05, 4.69) is 54.9 Å². The highest BCUT2D eigenvalue weighted by Crippen LogP contribution is 2.33. The van der Waals surface area contributed by atoms with Crippen molar-refractivity contribution < 1.29 is 0 Å². The Bertz CT molecular complexity index is 1020. The maximum absolute atomic E-state index is 12.8. The van der Waals surface area contributed by atoms with Crippen LogP contribution in [0, 0.1) is 12.8 Å². The zero-order valence-electron chi connectivity index (χ0n) is 16.5. The fourth-order valence-corrected chi connectivity index (χ4v) is 4.30. The summed E-state index contributed by atoms with van der Waals surface area (Å²) in [6.07, 6.45) is 2.99. The van der Waals surface area contributed by atoms with E-state index in [1.807, 2.05) is 18.2 Å². The van der Waals surface area contributed by atoms with Crippen molar-refractivity contribution in [2.24, 2.45) is 5.92 Å². The molecular weight excluding hydrogens is 332 g/mol. The molecular formula is C24H28N2O. The van der Waals surface area contributed by atoms with Gasteiger partial charge < -0.3 is 9.88 Å². The van der Waals surface area contributed by atoms with Gasteiger partial charge in [-0.1, -0.05) is 44.2 Å². The van der Waals surface area contributed by atoms with Gasteiger partial charge in [-0.05, 0) is 54.5 Å². The van der Waals surface area contributed by atoms with Crippen LogP contribution in [0.3, 0.4) is 0 Å². The zero-order valence-corrected chi connectivity index (χ0v) is 16.5. The summed E-state index contributed by atoms with van der Waals surface area (Å²) in [6.45, 7) is 8.78. The lowest BCUT2D eigenvalue weighted by Gasteiger charge is -2.33. The van der Waals surface area contributed by atoms with Crippen molar-refractivity contribution in [2.75, 3.05) is 18.0 Å². The number of fused-ring (bicyclic) bond motifs is 2. The first-order valence-corrected chi connectivity index (χ1v) is 10.00. The molecule has 0 saturated carbocycles. The number of benzene rings is 2. The molecule has 1 aliphatic heterocycles. The number of nitrogens with zero attached hydrogens (tertiary/aromatic N) is 1. The highest BCUT2D eigenvalue weighted by molar-refractivity contribution is 5.88. The molecule has 0 aliphatic carbocycles. The lowest BCUT2D eigenvalue weighted by molar-refractivity contribution is 0.585. The maximum atomic E-state index is 12.8. The van der Waals surface area contributed by atoms with Gasteiger partial charge in [0.25, 0.3) is 5.56 Å². The van der Waals surface area contributed by atoms with Crippen LogP contribution in [0.2, 0.25) is 0 Å². The first kappa shape index (κ1) is 17.8. The minimum Gasteiger partial charge on any atom is -0.371 e. The van der Waals surface area contributed by atoms with Gasteiger partial charge >= 0.3 is 0 Å².